The number of carbonyl (C=O) groups is 2. The largest absolute Gasteiger partial charge is 0.504 e. The van der Waals surface area contributed by atoms with Crippen molar-refractivity contribution >= 4 is 11.9 Å². The zero-order valence-electron chi connectivity index (χ0n) is 16.9. The number of methoxy groups -OCH3 is 1. The van der Waals surface area contributed by atoms with Gasteiger partial charge in [0.15, 0.2) is 18.1 Å². The number of ether oxygens (including phenoxy) is 3. The second-order valence-electron chi connectivity index (χ2n) is 6.95. The van der Waals surface area contributed by atoms with Gasteiger partial charge in [-0.2, -0.15) is 0 Å². The number of nitrogens with zero attached hydrogens (tertiary/aromatic N) is 1. The van der Waals surface area contributed by atoms with Crippen molar-refractivity contribution in [3.05, 3.63) is 59.7 Å². The summed E-state index contributed by atoms with van der Waals surface area (Å²) in [5, 5.41) is 12.7. The smallest absolute Gasteiger partial charge is 0.342 e. The molecule has 8 nitrogen and oxygen atoms in total. The third-order valence-electron chi connectivity index (χ3n) is 4.77. The molecule has 1 heterocycles. The van der Waals surface area contributed by atoms with Gasteiger partial charge in [0.25, 0.3) is 5.91 Å². The zero-order valence-corrected chi connectivity index (χ0v) is 16.9. The van der Waals surface area contributed by atoms with Crippen LogP contribution in [0.15, 0.2) is 48.5 Å². The summed E-state index contributed by atoms with van der Waals surface area (Å²) in [6.07, 6.45) is -0.135. The van der Waals surface area contributed by atoms with Crippen LogP contribution >= 0.6 is 0 Å². The van der Waals surface area contributed by atoms with E-state index in [0.29, 0.717) is 19.7 Å². The van der Waals surface area contributed by atoms with Crippen molar-refractivity contribution in [3.63, 3.8) is 0 Å². The summed E-state index contributed by atoms with van der Waals surface area (Å²) < 4.78 is 15.7. The summed E-state index contributed by atoms with van der Waals surface area (Å²) in [5.74, 6) is -1.40. The Bertz CT molecular complexity index is 858. The number of rotatable bonds is 8. The Morgan fingerprint density at radius 1 is 1.20 bits per heavy atom. The molecular formula is C22H26N2O6. The molecule has 0 unspecified atom stereocenters. The number of phenolic OH excluding ortho intramolecular Hbond substituents is 1. The highest BCUT2D eigenvalue weighted by molar-refractivity contribution is 5.94. The van der Waals surface area contributed by atoms with Crippen molar-refractivity contribution in [1.82, 2.24) is 10.2 Å². The molecule has 0 saturated carbocycles. The molecule has 1 fully saturated rings. The van der Waals surface area contributed by atoms with Crippen molar-refractivity contribution in [1.29, 1.82) is 0 Å². The average Bonchev–Trinajstić information content (AvgIpc) is 2.77. The quantitative estimate of drug-likeness (QED) is 0.633. The molecule has 1 aliphatic heterocycles. The summed E-state index contributed by atoms with van der Waals surface area (Å²) >= 11 is 0. The minimum atomic E-state index is -0.801. The van der Waals surface area contributed by atoms with Gasteiger partial charge in [-0.05, 0) is 17.7 Å². The lowest BCUT2D eigenvalue weighted by Crippen LogP contribution is -2.47. The minimum Gasteiger partial charge on any atom is -0.504 e. The van der Waals surface area contributed by atoms with Crippen LogP contribution < -0.4 is 10.1 Å². The maximum absolute atomic E-state index is 12.1. The van der Waals surface area contributed by atoms with E-state index in [9.17, 15) is 14.7 Å². The molecule has 2 aromatic rings. The number of carbonyl (C=O) groups excluding carboxylic acids is 2. The number of benzene rings is 2. The van der Waals surface area contributed by atoms with Crippen LogP contribution in [0.25, 0.3) is 0 Å². The number of esters is 1. The fraction of sp³-hybridized carbons (Fsp3) is 0.364. The van der Waals surface area contributed by atoms with Gasteiger partial charge in [0, 0.05) is 26.2 Å². The van der Waals surface area contributed by atoms with E-state index in [2.05, 4.69) is 22.3 Å². The molecule has 0 aliphatic carbocycles. The van der Waals surface area contributed by atoms with Crippen LogP contribution in [0.3, 0.4) is 0 Å². The van der Waals surface area contributed by atoms with E-state index < -0.39 is 18.5 Å². The molecule has 2 aromatic carbocycles. The SMILES string of the molecule is COc1cccc(C(=O)OCC(=O)NC[C@@H]2CN(Cc3ccccc3)CCO2)c1O. The summed E-state index contributed by atoms with van der Waals surface area (Å²) in [4.78, 5) is 26.4. The highest BCUT2D eigenvalue weighted by atomic mass is 16.5. The highest BCUT2D eigenvalue weighted by Gasteiger charge is 2.22. The first kappa shape index (κ1) is 21.6. The Hall–Kier alpha value is -3.10. The van der Waals surface area contributed by atoms with Crippen LogP contribution in [0.1, 0.15) is 15.9 Å². The molecule has 3 rings (SSSR count). The maximum Gasteiger partial charge on any atom is 0.342 e. The maximum atomic E-state index is 12.1. The molecule has 160 valence electrons. The van der Waals surface area contributed by atoms with Crippen molar-refractivity contribution in [2.45, 2.75) is 12.6 Å². The van der Waals surface area contributed by atoms with E-state index in [1.165, 1.54) is 24.8 Å². The lowest BCUT2D eigenvalue weighted by molar-refractivity contribution is -0.125. The van der Waals surface area contributed by atoms with Gasteiger partial charge in [0.2, 0.25) is 0 Å². The van der Waals surface area contributed by atoms with Crippen LogP contribution in [0.2, 0.25) is 0 Å². The number of nitrogens with one attached hydrogen (secondary N) is 1. The van der Waals surface area contributed by atoms with Gasteiger partial charge in [0.05, 0.1) is 19.8 Å². The molecule has 8 heteroatoms. The number of aromatic hydroxyl groups is 1. The highest BCUT2D eigenvalue weighted by Crippen LogP contribution is 2.29. The number of hydrogen-bond acceptors (Lipinski definition) is 7. The average molecular weight is 414 g/mol. The summed E-state index contributed by atoms with van der Waals surface area (Å²) in [6.45, 7) is 2.84. The molecule has 30 heavy (non-hydrogen) atoms. The second kappa shape index (κ2) is 10.6. The Labute approximate surface area is 175 Å². The van der Waals surface area contributed by atoms with Gasteiger partial charge in [-0.25, -0.2) is 4.79 Å². The third-order valence-corrected chi connectivity index (χ3v) is 4.77. The summed E-state index contributed by atoms with van der Waals surface area (Å²) in [5.41, 5.74) is 1.17. The first-order valence-corrected chi connectivity index (χ1v) is 9.74. The monoisotopic (exact) mass is 414 g/mol. The predicted molar refractivity (Wildman–Crippen MR) is 109 cm³/mol. The predicted octanol–water partition coefficient (Wildman–Crippen LogP) is 1.57. The Balaban J connectivity index is 1.41. The van der Waals surface area contributed by atoms with Gasteiger partial charge in [-0.1, -0.05) is 36.4 Å². The molecule has 0 bridgehead atoms. The van der Waals surface area contributed by atoms with Crippen molar-refractivity contribution in [3.8, 4) is 11.5 Å². The van der Waals surface area contributed by atoms with Crippen molar-refractivity contribution in [2.75, 3.05) is 40.0 Å². The first-order valence-electron chi connectivity index (χ1n) is 9.74. The van der Waals surface area contributed by atoms with Crippen molar-refractivity contribution < 1.29 is 28.9 Å². The molecule has 1 saturated heterocycles. The fourth-order valence-electron chi connectivity index (χ4n) is 3.23. The Morgan fingerprint density at radius 3 is 2.77 bits per heavy atom. The third kappa shape index (κ3) is 5.95. The van der Waals surface area contributed by atoms with Crippen LogP contribution in [-0.2, 0) is 20.8 Å². The van der Waals surface area contributed by atoms with E-state index in [1.807, 2.05) is 18.2 Å². The topological polar surface area (TPSA) is 97.3 Å². The fourth-order valence-corrected chi connectivity index (χ4v) is 3.23. The molecule has 1 aliphatic rings. The van der Waals surface area contributed by atoms with Crippen LogP contribution in [0.4, 0.5) is 0 Å². The van der Waals surface area contributed by atoms with Gasteiger partial charge < -0.3 is 24.6 Å². The van der Waals surface area contributed by atoms with Crippen LogP contribution in [-0.4, -0.2) is 67.9 Å². The summed E-state index contributed by atoms with van der Waals surface area (Å²) in [6, 6.07) is 14.7. The van der Waals surface area contributed by atoms with E-state index >= 15 is 0 Å². The molecule has 0 spiro atoms. The lowest BCUT2D eigenvalue weighted by Gasteiger charge is -2.33. The Kier molecular flexibility index (Phi) is 7.64. The van der Waals surface area contributed by atoms with Crippen LogP contribution in [0.5, 0.6) is 11.5 Å². The molecule has 0 aromatic heterocycles. The second-order valence-corrected chi connectivity index (χ2v) is 6.95. The normalized spacial score (nSPS) is 16.6. The van der Waals surface area contributed by atoms with Crippen molar-refractivity contribution in [2.24, 2.45) is 0 Å². The number of phenols is 1. The molecule has 0 radical (unpaired) electrons. The molecular weight excluding hydrogens is 388 g/mol. The summed E-state index contributed by atoms with van der Waals surface area (Å²) in [7, 11) is 1.38. The van der Waals surface area contributed by atoms with Gasteiger partial charge in [-0.15, -0.1) is 0 Å². The van der Waals surface area contributed by atoms with Crippen LogP contribution in [0, 0.1) is 0 Å². The lowest BCUT2D eigenvalue weighted by atomic mass is 10.2. The first-order chi connectivity index (χ1) is 14.6. The van der Waals surface area contributed by atoms with Gasteiger partial charge in [-0.3, -0.25) is 9.69 Å². The van der Waals surface area contributed by atoms with E-state index in [0.717, 1.165) is 13.1 Å². The number of para-hydroxylation sites is 1. The molecule has 1 atom stereocenters. The van der Waals surface area contributed by atoms with E-state index in [-0.39, 0.29) is 23.2 Å². The standard InChI is InChI=1S/C22H26N2O6/c1-28-19-9-5-8-18(21(19)26)22(27)30-15-20(25)23-12-17-14-24(10-11-29-17)13-16-6-3-2-4-7-16/h2-9,17,26H,10-15H2,1H3,(H,23,25)/t17-/m1/s1. The number of morpholine rings is 1. The van der Waals surface area contributed by atoms with Gasteiger partial charge >= 0.3 is 5.97 Å². The number of amides is 1. The minimum absolute atomic E-state index is 0.0608. The number of hydrogen-bond donors (Lipinski definition) is 2. The molecule has 1 amide bonds. The van der Waals surface area contributed by atoms with E-state index in [4.69, 9.17) is 14.2 Å². The Morgan fingerprint density at radius 2 is 2.00 bits per heavy atom. The van der Waals surface area contributed by atoms with E-state index in [1.54, 1.807) is 6.07 Å². The van der Waals surface area contributed by atoms with Gasteiger partial charge in [0.1, 0.15) is 5.56 Å². The molecule has 2 N–H and O–H groups in total. The zero-order chi connectivity index (χ0) is 21.3.